The van der Waals surface area contributed by atoms with Gasteiger partial charge in [0, 0.05) is 24.8 Å². The second-order valence-electron chi connectivity index (χ2n) is 7.51. The second-order valence-corrected chi connectivity index (χ2v) is 7.51. The Kier molecular flexibility index (Phi) is 4.37. The number of carbonyl (C=O) groups is 1. The Labute approximate surface area is 137 Å². The van der Waals surface area contributed by atoms with Gasteiger partial charge in [-0.3, -0.25) is 0 Å². The summed E-state index contributed by atoms with van der Waals surface area (Å²) in [5, 5.41) is 3.44. The lowest BCUT2D eigenvalue weighted by Crippen LogP contribution is -2.57. The first-order valence-electron chi connectivity index (χ1n) is 8.36. The van der Waals surface area contributed by atoms with Crippen LogP contribution in [0, 0.1) is 5.92 Å². The molecule has 23 heavy (non-hydrogen) atoms. The molecular weight excluding hydrogens is 292 g/mol. The number of hydrogen-bond donors (Lipinski definition) is 1. The fourth-order valence-electron chi connectivity index (χ4n) is 2.46. The highest BCUT2D eigenvalue weighted by Gasteiger charge is 2.33. The van der Waals surface area contributed by atoms with Gasteiger partial charge < -0.3 is 19.7 Å². The topological polar surface area (TPSA) is 50.8 Å². The SMILES string of the molecule is CC(C)(C)OC(=O)N1CC(Nc2cccc(OCC3CC3)c2)C1. The quantitative estimate of drug-likeness (QED) is 0.902. The lowest BCUT2D eigenvalue weighted by molar-refractivity contribution is 0.0105. The van der Waals surface area contributed by atoms with E-state index in [0.717, 1.165) is 24.0 Å². The van der Waals surface area contributed by atoms with E-state index >= 15 is 0 Å². The van der Waals surface area contributed by atoms with Gasteiger partial charge in [0.25, 0.3) is 0 Å². The van der Waals surface area contributed by atoms with Crippen LogP contribution in [0.5, 0.6) is 5.75 Å². The van der Waals surface area contributed by atoms with Gasteiger partial charge in [-0.05, 0) is 51.7 Å². The summed E-state index contributed by atoms with van der Waals surface area (Å²) in [6, 6.07) is 8.30. The zero-order valence-corrected chi connectivity index (χ0v) is 14.2. The zero-order valence-electron chi connectivity index (χ0n) is 14.2. The first-order valence-corrected chi connectivity index (χ1v) is 8.36. The van der Waals surface area contributed by atoms with E-state index in [4.69, 9.17) is 9.47 Å². The predicted molar refractivity (Wildman–Crippen MR) is 89.9 cm³/mol. The first-order chi connectivity index (χ1) is 10.9. The zero-order chi connectivity index (χ0) is 16.4. The van der Waals surface area contributed by atoms with Crippen molar-refractivity contribution in [1.82, 2.24) is 4.90 Å². The molecule has 1 saturated heterocycles. The van der Waals surface area contributed by atoms with Crippen molar-refractivity contribution < 1.29 is 14.3 Å². The highest BCUT2D eigenvalue weighted by molar-refractivity contribution is 5.69. The average molecular weight is 318 g/mol. The van der Waals surface area contributed by atoms with E-state index in [9.17, 15) is 4.79 Å². The van der Waals surface area contributed by atoms with Gasteiger partial charge in [0.15, 0.2) is 0 Å². The number of carbonyl (C=O) groups excluding carboxylic acids is 1. The van der Waals surface area contributed by atoms with E-state index < -0.39 is 5.60 Å². The molecule has 1 N–H and O–H groups in total. The summed E-state index contributed by atoms with van der Waals surface area (Å²) in [7, 11) is 0. The Bertz CT molecular complexity index is 558. The van der Waals surface area contributed by atoms with Crippen LogP contribution in [-0.2, 0) is 4.74 Å². The average Bonchev–Trinajstić information content (AvgIpc) is 3.22. The molecule has 5 heteroatoms. The molecule has 1 saturated carbocycles. The van der Waals surface area contributed by atoms with Crippen molar-refractivity contribution in [2.45, 2.75) is 45.3 Å². The summed E-state index contributed by atoms with van der Waals surface area (Å²) in [4.78, 5) is 13.6. The third-order valence-electron chi connectivity index (χ3n) is 3.92. The standard InChI is InChI=1S/C18H26N2O3/c1-18(2,3)23-17(21)20-10-15(11-20)19-14-5-4-6-16(9-14)22-12-13-7-8-13/h4-6,9,13,15,19H,7-8,10-12H2,1-3H3. The summed E-state index contributed by atoms with van der Waals surface area (Å²) in [5.74, 6) is 1.66. The van der Waals surface area contributed by atoms with Gasteiger partial charge >= 0.3 is 6.09 Å². The lowest BCUT2D eigenvalue weighted by atomic mass is 10.1. The smallest absolute Gasteiger partial charge is 0.410 e. The van der Waals surface area contributed by atoms with Gasteiger partial charge in [-0.2, -0.15) is 0 Å². The minimum Gasteiger partial charge on any atom is -0.493 e. The van der Waals surface area contributed by atoms with Crippen molar-refractivity contribution in [3.63, 3.8) is 0 Å². The lowest BCUT2D eigenvalue weighted by Gasteiger charge is -2.40. The van der Waals surface area contributed by atoms with Crippen LogP contribution in [0.3, 0.4) is 0 Å². The van der Waals surface area contributed by atoms with Crippen LogP contribution < -0.4 is 10.1 Å². The normalized spacial score (nSPS) is 18.3. The van der Waals surface area contributed by atoms with Gasteiger partial charge in [0.1, 0.15) is 11.4 Å². The predicted octanol–water partition coefficient (Wildman–Crippen LogP) is 3.51. The minimum atomic E-state index is -0.442. The molecule has 1 aromatic rings. The van der Waals surface area contributed by atoms with E-state index in [1.165, 1.54) is 12.8 Å². The Morgan fingerprint density at radius 1 is 1.30 bits per heavy atom. The highest BCUT2D eigenvalue weighted by Crippen LogP contribution is 2.30. The van der Waals surface area contributed by atoms with E-state index in [0.29, 0.717) is 13.1 Å². The largest absolute Gasteiger partial charge is 0.493 e. The fraction of sp³-hybridized carbons (Fsp3) is 0.611. The number of rotatable bonds is 5. The molecule has 2 aliphatic rings. The molecule has 126 valence electrons. The van der Waals surface area contributed by atoms with Crippen LogP contribution in [-0.4, -0.2) is 42.3 Å². The second kappa shape index (κ2) is 6.30. The van der Waals surface area contributed by atoms with E-state index in [1.54, 1.807) is 4.90 Å². The molecule has 5 nitrogen and oxygen atoms in total. The van der Waals surface area contributed by atoms with Crippen LogP contribution in [0.1, 0.15) is 33.6 Å². The molecule has 1 amide bonds. The van der Waals surface area contributed by atoms with Gasteiger partial charge in [-0.1, -0.05) is 6.07 Å². The molecule has 1 aromatic carbocycles. The molecule has 0 aromatic heterocycles. The Morgan fingerprint density at radius 2 is 2.04 bits per heavy atom. The van der Waals surface area contributed by atoms with Crippen LogP contribution in [0.4, 0.5) is 10.5 Å². The molecule has 1 heterocycles. The van der Waals surface area contributed by atoms with Crippen LogP contribution in [0.25, 0.3) is 0 Å². The Balaban J connectivity index is 1.44. The summed E-state index contributed by atoms with van der Waals surface area (Å²) < 4.78 is 11.2. The summed E-state index contributed by atoms with van der Waals surface area (Å²) >= 11 is 0. The molecule has 1 aliphatic carbocycles. The molecule has 0 radical (unpaired) electrons. The Hall–Kier alpha value is -1.91. The van der Waals surface area contributed by atoms with Crippen molar-refractivity contribution >= 4 is 11.8 Å². The Morgan fingerprint density at radius 3 is 2.70 bits per heavy atom. The maximum Gasteiger partial charge on any atom is 0.410 e. The van der Waals surface area contributed by atoms with E-state index in [2.05, 4.69) is 5.32 Å². The number of benzene rings is 1. The fourth-order valence-corrected chi connectivity index (χ4v) is 2.46. The van der Waals surface area contributed by atoms with Crippen molar-refractivity contribution in [3.8, 4) is 5.75 Å². The number of amides is 1. The molecular formula is C18H26N2O3. The maximum atomic E-state index is 11.9. The number of likely N-dealkylation sites (tertiary alicyclic amines) is 1. The first kappa shape index (κ1) is 16.0. The third-order valence-corrected chi connectivity index (χ3v) is 3.92. The number of anilines is 1. The number of hydrogen-bond acceptors (Lipinski definition) is 4. The van der Waals surface area contributed by atoms with Gasteiger partial charge in [-0.15, -0.1) is 0 Å². The molecule has 2 fully saturated rings. The summed E-state index contributed by atoms with van der Waals surface area (Å²) in [5.41, 5.74) is 0.593. The summed E-state index contributed by atoms with van der Waals surface area (Å²) in [6.45, 7) is 7.80. The number of nitrogens with zero attached hydrogens (tertiary/aromatic N) is 1. The van der Waals surface area contributed by atoms with Crippen molar-refractivity contribution in [2.75, 3.05) is 25.0 Å². The van der Waals surface area contributed by atoms with Crippen LogP contribution in [0.2, 0.25) is 0 Å². The van der Waals surface area contributed by atoms with Crippen LogP contribution >= 0.6 is 0 Å². The maximum absolute atomic E-state index is 11.9. The minimum absolute atomic E-state index is 0.239. The molecule has 3 rings (SSSR count). The summed E-state index contributed by atoms with van der Waals surface area (Å²) in [6.07, 6.45) is 2.35. The highest BCUT2D eigenvalue weighted by atomic mass is 16.6. The third kappa shape index (κ3) is 4.78. The van der Waals surface area contributed by atoms with Crippen molar-refractivity contribution in [1.29, 1.82) is 0 Å². The van der Waals surface area contributed by atoms with Gasteiger partial charge in [0.2, 0.25) is 0 Å². The number of nitrogens with one attached hydrogen (secondary N) is 1. The molecule has 0 atom stereocenters. The van der Waals surface area contributed by atoms with Crippen LogP contribution in [0.15, 0.2) is 24.3 Å². The van der Waals surface area contributed by atoms with Crippen molar-refractivity contribution in [3.05, 3.63) is 24.3 Å². The molecule has 1 aliphatic heterocycles. The van der Waals surface area contributed by atoms with Crippen molar-refractivity contribution in [2.24, 2.45) is 5.92 Å². The molecule has 0 bridgehead atoms. The van der Waals surface area contributed by atoms with Gasteiger partial charge in [-0.25, -0.2) is 4.79 Å². The van der Waals surface area contributed by atoms with Gasteiger partial charge in [0.05, 0.1) is 12.6 Å². The number of ether oxygens (including phenoxy) is 2. The van der Waals surface area contributed by atoms with E-state index in [-0.39, 0.29) is 12.1 Å². The van der Waals surface area contributed by atoms with E-state index in [1.807, 2.05) is 45.0 Å². The monoisotopic (exact) mass is 318 g/mol. The molecule has 0 unspecified atom stereocenters. The molecule has 0 spiro atoms.